The summed E-state index contributed by atoms with van der Waals surface area (Å²) in [4.78, 5) is 11.4. The second-order valence-electron chi connectivity index (χ2n) is 4.89. The van der Waals surface area contributed by atoms with E-state index >= 15 is 0 Å². The van der Waals surface area contributed by atoms with Gasteiger partial charge in [0.05, 0.1) is 12.1 Å². The van der Waals surface area contributed by atoms with Gasteiger partial charge in [-0.25, -0.2) is 4.39 Å². The van der Waals surface area contributed by atoms with E-state index in [1.54, 1.807) is 20.8 Å². The van der Waals surface area contributed by atoms with Crippen molar-refractivity contribution in [3.05, 3.63) is 29.0 Å². The van der Waals surface area contributed by atoms with Gasteiger partial charge in [-0.1, -0.05) is 11.6 Å². The summed E-state index contributed by atoms with van der Waals surface area (Å²) in [6.45, 7) is 5.70. The third-order valence-electron chi connectivity index (χ3n) is 1.99. The van der Waals surface area contributed by atoms with E-state index in [1.807, 2.05) is 0 Å². The zero-order valence-electron chi connectivity index (χ0n) is 10.7. The van der Waals surface area contributed by atoms with Crippen LogP contribution < -0.4 is 5.32 Å². The number of esters is 1. The van der Waals surface area contributed by atoms with Gasteiger partial charge in [-0.05, 0) is 39.0 Å². The van der Waals surface area contributed by atoms with Crippen molar-refractivity contribution in [3.8, 4) is 0 Å². The normalized spacial score (nSPS) is 11.2. The van der Waals surface area contributed by atoms with Crippen LogP contribution in [0.15, 0.2) is 18.2 Å². The molecule has 0 atom stereocenters. The van der Waals surface area contributed by atoms with Crippen molar-refractivity contribution in [3.63, 3.8) is 0 Å². The minimum absolute atomic E-state index is 0.170. The molecule has 0 fully saturated rings. The van der Waals surface area contributed by atoms with Crippen LogP contribution in [0, 0.1) is 5.82 Å². The van der Waals surface area contributed by atoms with E-state index < -0.39 is 11.4 Å². The van der Waals surface area contributed by atoms with Crippen LogP contribution in [-0.4, -0.2) is 18.1 Å². The number of anilines is 1. The molecule has 0 radical (unpaired) electrons. The van der Waals surface area contributed by atoms with Gasteiger partial charge < -0.3 is 10.1 Å². The molecule has 100 valence electrons. The molecule has 0 bridgehead atoms. The largest absolute Gasteiger partial charge is 0.460 e. The van der Waals surface area contributed by atoms with Crippen LogP contribution in [-0.2, 0) is 9.53 Å². The molecule has 1 N–H and O–H groups in total. The molecule has 5 heteroatoms. The van der Waals surface area contributed by atoms with Gasteiger partial charge in [0, 0.05) is 11.6 Å². The van der Waals surface area contributed by atoms with Crippen molar-refractivity contribution >= 4 is 23.3 Å². The third-order valence-corrected chi connectivity index (χ3v) is 2.23. The molecule has 0 saturated carbocycles. The predicted octanol–water partition coefficient (Wildman–Crippen LogP) is 3.62. The van der Waals surface area contributed by atoms with Crippen molar-refractivity contribution in [2.45, 2.75) is 32.8 Å². The van der Waals surface area contributed by atoms with Crippen LogP contribution in [0.3, 0.4) is 0 Å². The Hall–Kier alpha value is -1.29. The van der Waals surface area contributed by atoms with Gasteiger partial charge in [0.15, 0.2) is 0 Å². The first kappa shape index (κ1) is 14.8. The highest BCUT2D eigenvalue weighted by atomic mass is 35.5. The summed E-state index contributed by atoms with van der Waals surface area (Å²) in [6, 6.07) is 4.22. The summed E-state index contributed by atoms with van der Waals surface area (Å²) in [5, 5.41) is 3.25. The number of benzene rings is 1. The van der Waals surface area contributed by atoms with Gasteiger partial charge >= 0.3 is 5.97 Å². The average molecular weight is 274 g/mol. The molecule has 0 saturated heterocycles. The lowest BCUT2D eigenvalue weighted by atomic mass is 10.2. The topological polar surface area (TPSA) is 38.3 Å². The summed E-state index contributed by atoms with van der Waals surface area (Å²) in [5.74, 6) is -0.721. The van der Waals surface area contributed by atoms with Gasteiger partial charge in [0.25, 0.3) is 0 Å². The Morgan fingerprint density at radius 3 is 2.72 bits per heavy atom. The molecule has 0 aliphatic carbocycles. The lowest BCUT2D eigenvalue weighted by molar-refractivity contribution is -0.154. The summed E-state index contributed by atoms with van der Waals surface area (Å²) in [6.07, 6.45) is 0.170. The Kier molecular flexibility index (Phi) is 4.96. The van der Waals surface area contributed by atoms with Crippen molar-refractivity contribution in [1.82, 2.24) is 0 Å². The highest BCUT2D eigenvalue weighted by molar-refractivity contribution is 6.30. The Morgan fingerprint density at radius 1 is 1.44 bits per heavy atom. The first-order chi connectivity index (χ1) is 8.28. The summed E-state index contributed by atoms with van der Waals surface area (Å²) in [5.41, 5.74) is -0.218. The highest BCUT2D eigenvalue weighted by Crippen LogP contribution is 2.19. The molecule has 0 aliphatic heterocycles. The summed E-state index contributed by atoms with van der Waals surface area (Å²) < 4.78 is 18.5. The lowest BCUT2D eigenvalue weighted by Crippen LogP contribution is -2.25. The molecule has 1 aromatic carbocycles. The van der Waals surface area contributed by atoms with E-state index in [0.717, 1.165) is 0 Å². The van der Waals surface area contributed by atoms with Gasteiger partial charge in [-0.2, -0.15) is 0 Å². The molecule has 0 aromatic heterocycles. The molecular formula is C13H17ClFNO2. The third kappa shape index (κ3) is 5.36. The van der Waals surface area contributed by atoms with E-state index in [4.69, 9.17) is 16.3 Å². The first-order valence-electron chi connectivity index (χ1n) is 5.69. The second kappa shape index (κ2) is 6.05. The van der Waals surface area contributed by atoms with Gasteiger partial charge in [-0.15, -0.1) is 0 Å². The van der Waals surface area contributed by atoms with Crippen molar-refractivity contribution in [1.29, 1.82) is 0 Å². The quantitative estimate of drug-likeness (QED) is 0.852. The number of hydrogen-bond acceptors (Lipinski definition) is 3. The van der Waals surface area contributed by atoms with E-state index in [1.165, 1.54) is 18.2 Å². The SMILES string of the molecule is CC(C)(C)OC(=O)CCNc1cc(Cl)ccc1F. The number of rotatable bonds is 4. The van der Waals surface area contributed by atoms with Gasteiger partial charge in [-0.3, -0.25) is 4.79 Å². The Balaban J connectivity index is 2.42. The zero-order valence-corrected chi connectivity index (χ0v) is 11.5. The van der Waals surface area contributed by atoms with Crippen LogP contribution >= 0.6 is 11.6 Å². The molecule has 0 heterocycles. The fourth-order valence-corrected chi connectivity index (χ4v) is 1.50. The van der Waals surface area contributed by atoms with E-state index in [2.05, 4.69) is 5.32 Å². The Morgan fingerprint density at radius 2 is 2.11 bits per heavy atom. The number of hydrogen-bond donors (Lipinski definition) is 1. The van der Waals surface area contributed by atoms with Crippen LogP contribution in [0.1, 0.15) is 27.2 Å². The first-order valence-corrected chi connectivity index (χ1v) is 6.06. The van der Waals surface area contributed by atoms with Crippen LogP contribution in [0.25, 0.3) is 0 Å². The monoisotopic (exact) mass is 273 g/mol. The van der Waals surface area contributed by atoms with Crippen molar-refractivity contribution < 1.29 is 13.9 Å². The molecule has 0 amide bonds. The van der Waals surface area contributed by atoms with Crippen LogP contribution in [0.5, 0.6) is 0 Å². The molecule has 1 aromatic rings. The molecule has 1 rings (SSSR count). The van der Waals surface area contributed by atoms with Crippen LogP contribution in [0.4, 0.5) is 10.1 Å². The molecule has 0 aliphatic rings. The average Bonchev–Trinajstić information content (AvgIpc) is 2.20. The Labute approximate surface area is 111 Å². The molecule has 0 spiro atoms. The maximum Gasteiger partial charge on any atom is 0.308 e. The predicted molar refractivity (Wildman–Crippen MR) is 70.4 cm³/mol. The number of halogens is 2. The van der Waals surface area contributed by atoms with Crippen molar-refractivity contribution in [2.75, 3.05) is 11.9 Å². The molecule has 18 heavy (non-hydrogen) atoms. The minimum atomic E-state index is -0.502. The van der Waals surface area contributed by atoms with Gasteiger partial charge in [0.2, 0.25) is 0 Å². The fraction of sp³-hybridized carbons (Fsp3) is 0.462. The van der Waals surface area contributed by atoms with E-state index in [0.29, 0.717) is 11.6 Å². The molecular weight excluding hydrogens is 257 g/mol. The minimum Gasteiger partial charge on any atom is -0.460 e. The fourth-order valence-electron chi connectivity index (χ4n) is 1.32. The molecule has 0 unspecified atom stereocenters. The molecule has 3 nitrogen and oxygen atoms in total. The van der Waals surface area contributed by atoms with E-state index in [9.17, 15) is 9.18 Å². The summed E-state index contributed by atoms with van der Waals surface area (Å²) in [7, 11) is 0. The number of nitrogens with one attached hydrogen (secondary N) is 1. The number of ether oxygens (including phenoxy) is 1. The van der Waals surface area contributed by atoms with E-state index in [-0.39, 0.29) is 18.1 Å². The highest BCUT2D eigenvalue weighted by Gasteiger charge is 2.15. The van der Waals surface area contributed by atoms with Crippen LogP contribution in [0.2, 0.25) is 5.02 Å². The van der Waals surface area contributed by atoms with Crippen molar-refractivity contribution in [2.24, 2.45) is 0 Å². The number of carbonyl (C=O) groups is 1. The smallest absolute Gasteiger partial charge is 0.308 e. The maximum absolute atomic E-state index is 13.3. The van der Waals surface area contributed by atoms with Gasteiger partial charge in [0.1, 0.15) is 11.4 Å². The number of carbonyl (C=O) groups excluding carboxylic acids is 1. The lowest BCUT2D eigenvalue weighted by Gasteiger charge is -2.19. The Bertz CT molecular complexity index is 429. The zero-order chi connectivity index (χ0) is 13.8. The summed E-state index contributed by atoms with van der Waals surface area (Å²) >= 11 is 5.75. The second-order valence-corrected chi connectivity index (χ2v) is 5.32. The standard InChI is InChI=1S/C13H17ClFNO2/c1-13(2,3)18-12(17)6-7-16-11-8-9(14)4-5-10(11)15/h4-5,8,16H,6-7H2,1-3H3. The maximum atomic E-state index is 13.3.